The van der Waals surface area contributed by atoms with E-state index in [0.717, 1.165) is 23.5 Å². The predicted molar refractivity (Wildman–Crippen MR) is 86.8 cm³/mol. The van der Waals surface area contributed by atoms with Gasteiger partial charge in [-0.3, -0.25) is 4.79 Å². The molecule has 4 aliphatic carbocycles. The number of hydrogen-bond acceptors (Lipinski definition) is 2. The van der Waals surface area contributed by atoms with E-state index in [1.54, 1.807) is 11.8 Å². The van der Waals surface area contributed by atoms with Crippen LogP contribution in [0.15, 0.2) is 0 Å². The van der Waals surface area contributed by atoms with Crippen LogP contribution in [0.4, 0.5) is 0 Å². The standard InChI is InChI=1S/C18H30OS/c1-2-3-4-5-6-7-20-17(19)18-11-14-8-15(12-18)10-16(9-14)13-18/h14-16H,2-13H2,1H3. The molecule has 4 fully saturated rings. The van der Waals surface area contributed by atoms with Gasteiger partial charge in [0.15, 0.2) is 5.12 Å². The topological polar surface area (TPSA) is 17.1 Å². The molecule has 0 unspecified atom stereocenters. The maximum Gasteiger partial charge on any atom is 0.195 e. The van der Waals surface area contributed by atoms with Crippen molar-refractivity contribution in [2.45, 2.75) is 77.6 Å². The fraction of sp³-hybridized carbons (Fsp3) is 0.944. The highest BCUT2D eigenvalue weighted by Gasteiger charge is 2.54. The molecule has 0 aromatic heterocycles. The van der Waals surface area contributed by atoms with Crippen molar-refractivity contribution in [2.24, 2.45) is 23.2 Å². The van der Waals surface area contributed by atoms with Crippen molar-refractivity contribution in [1.29, 1.82) is 0 Å². The third-order valence-corrected chi connectivity index (χ3v) is 7.14. The highest BCUT2D eigenvalue weighted by Crippen LogP contribution is 2.61. The van der Waals surface area contributed by atoms with E-state index in [0.29, 0.717) is 5.12 Å². The SMILES string of the molecule is CCCCCCCSC(=O)C12CC3CC(CC(C3)C1)C2. The summed E-state index contributed by atoms with van der Waals surface area (Å²) in [5.41, 5.74) is 0.128. The molecule has 1 nitrogen and oxygen atoms in total. The normalized spacial score (nSPS) is 38.4. The van der Waals surface area contributed by atoms with Gasteiger partial charge < -0.3 is 0 Å². The number of rotatable bonds is 7. The van der Waals surface area contributed by atoms with Crippen LogP contribution in [0, 0.1) is 23.2 Å². The largest absolute Gasteiger partial charge is 0.287 e. The molecule has 0 aromatic rings. The maximum atomic E-state index is 12.7. The predicted octanol–water partition coefficient (Wildman–Crippen LogP) is 5.43. The summed E-state index contributed by atoms with van der Waals surface area (Å²) in [4.78, 5) is 12.7. The molecule has 0 radical (unpaired) electrons. The highest BCUT2D eigenvalue weighted by atomic mass is 32.2. The zero-order valence-corrected chi connectivity index (χ0v) is 13.9. The van der Waals surface area contributed by atoms with Gasteiger partial charge in [0.05, 0.1) is 0 Å². The zero-order chi connectivity index (χ0) is 14.0. The van der Waals surface area contributed by atoms with E-state index in [1.165, 1.54) is 70.6 Å². The van der Waals surface area contributed by atoms with Crippen molar-refractivity contribution in [3.8, 4) is 0 Å². The Kier molecular flexibility index (Phi) is 4.79. The Morgan fingerprint density at radius 1 is 0.950 bits per heavy atom. The second-order valence-electron chi connectivity index (χ2n) is 7.75. The first-order valence-electron chi connectivity index (χ1n) is 8.89. The summed E-state index contributed by atoms with van der Waals surface area (Å²) in [6, 6.07) is 0. The number of thioether (sulfide) groups is 1. The Bertz CT molecular complexity index is 314. The van der Waals surface area contributed by atoms with Crippen molar-refractivity contribution in [3.05, 3.63) is 0 Å². The third-order valence-electron chi connectivity index (χ3n) is 5.95. The average Bonchev–Trinajstić information content (AvgIpc) is 2.41. The molecule has 0 heterocycles. The van der Waals surface area contributed by atoms with Gasteiger partial charge in [0.25, 0.3) is 0 Å². The highest BCUT2D eigenvalue weighted by molar-refractivity contribution is 8.13. The molecule has 4 aliphatic rings. The molecular formula is C18H30OS. The Morgan fingerprint density at radius 2 is 1.50 bits per heavy atom. The summed E-state index contributed by atoms with van der Waals surface area (Å²) in [5, 5.41) is 0.576. The van der Waals surface area contributed by atoms with Gasteiger partial charge in [-0.1, -0.05) is 44.4 Å². The summed E-state index contributed by atoms with van der Waals surface area (Å²) in [5.74, 6) is 3.77. The van der Waals surface area contributed by atoms with E-state index in [2.05, 4.69) is 6.92 Å². The van der Waals surface area contributed by atoms with Crippen LogP contribution in [0.25, 0.3) is 0 Å². The molecule has 0 aliphatic heterocycles. The smallest absolute Gasteiger partial charge is 0.195 e. The number of hydrogen-bond donors (Lipinski definition) is 0. The molecule has 114 valence electrons. The molecule has 4 bridgehead atoms. The minimum absolute atomic E-state index is 0.128. The minimum atomic E-state index is 0.128. The van der Waals surface area contributed by atoms with Gasteiger partial charge in [0, 0.05) is 11.2 Å². The lowest BCUT2D eigenvalue weighted by Gasteiger charge is -2.55. The summed E-state index contributed by atoms with van der Waals surface area (Å²) in [6.07, 6.45) is 14.6. The second kappa shape index (κ2) is 6.42. The first-order chi connectivity index (χ1) is 9.72. The molecule has 0 aromatic carbocycles. The van der Waals surface area contributed by atoms with Crippen molar-refractivity contribution in [3.63, 3.8) is 0 Å². The van der Waals surface area contributed by atoms with E-state index in [-0.39, 0.29) is 5.41 Å². The Morgan fingerprint density at radius 3 is 2.05 bits per heavy atom. The zero-order valence-electron chi connectivity index (χ0n) is 13.0. The van der Waals surface area contributed by atoms with Crippen molar-refractivity contribution in [1.82, 2.24) is 0 Å². The summed E-state index contributed by atoms with van der Waals surface area (Å²) in [6.45, 7) is 2.26. The summed E-state index contributed by atoms with van der Waals surface area (Å²) < 4.78 is 0. The van der Waals surface area contributed by atoms with Gasteiger partial charge in [0.1, 0.15) is 0 Å². The van der Waals surface area contributed by atoms with Crippen LogP contribution in [-0.4, -0.2) is 10.9 Å². The molecule has 0 atom stereocenters. The molecule has 0 amide bonds. The number of carbonyl (C=O) groups is 1. The Labute approximate surface area is 128 Å². The van der Waals surface area contributed by atoms with Gasteiger partial charge in [-0.05, 0) is 62.7 Å². The third kappa shape index (κ3) is 3.10. The van der Waals surface area contributed by atoms with E-state index in [1.807, 2.05) is 0 Å². The Balaban J connectivity index is 1.45. The fourth-order valence-electron chi connectivity index (χ4n) is 5.38. The number of carbonyl (C=O) groups excluding carboxylic acids is 1. The lowest BCUT2D eigenvalue weighted by atomic mass is 9.50. The van der Waals surface area contributed by atoms with Gasteiger partial charge in [-0.2, -0.15) is 0 Å². The van der Waals surface area contributed by atoms with E-state index in [9.17, 15) is 4.79 Å². The molecule has 0 N–H and O–H groups in total. The van der Waals surface area contributed by atoms with Crippen LogP contribution in [-0.2, 0) is 4.79 Å². The lowest BCUT2D eigenvalue weighted by Crippen LogP contribution is -2.49. The maximum absolute atomic E-state index is 12.7. The van der Waals surface area contributed by atoms with Crippen LogP contribution in [0.5, 0.6) is 0 Å². The molecular weight excluding hydrogens is 264 g/mol. The quantitative estimate of drug-likeness (QED) is 0.582. The Hall–Kier alpha value is 0.0200. The van der Waals surface area contributed by atoms with E-state index in [4.69, 9.17) is 0 Å². The van der Waals surface area contributed by atoms with Gasteiger partial charge in [-0.25, -0.2) is 0 Å². The first kappa shape index (κ1) is 14.9. The van der Waals surface area contributed by atoms with Crippen LogP contribution >= 0.6 is 11.8 Å². The van der Waals surface area contributed by atoms with Gasteiger partial charge in [-0.15, -0.1) is 0 Å². The van der Waals surface area contributed by atoms with Gasteiger partial charge >= 0.3 is 0 Å². The van der Waals surface area contributed by atoms with Crippen LogP contribution in [0.3, 0.4) is 0 Å². The molecule has 20 heavy (non-hydrogen) atoms. The summed E-state index contributed by atoms with van der Waals surface area (Å²) in [7, 11) is 0. The summed E-state index contributed by atoms with van der Waals surface area (Å²) >= 11 is 1.68. The number of unbranched alkanes of at least 4 members (excludes halogenated alkanes) is 4. The fourth-order valence-corrected chi connectivity index (χ4v) is 6.47. The van der Waals surface area contributed by atoms with Crippen molar-refractivity contribution < 1.29 is 4.79 Å². The van der Waals surface area contributed by atoms with E-state index >= 15 is 0 Å². The lowest BCUT2D eigenvalue weighted by molar-refractivity contribution is -0.134. The van der Waals surface area contributed by atoms with Crippen LogP contribution in [0.1, 0.15) is 77.6 Å². The monoisotopic (exact) mass is 294 g/mol. The van der Waals surface area contributed by atoms with Crippen molar-refractivity contribution in [2.75, 3.05) is 5.75 Å². The van der Waals surface area contributed by atoms with Crippen LogP contribution < -0.4 is 0 Å². The molecule has 0 spiro atoms. The second-order valence-corrected chi connectivity index (χ2v) is 8.82. The average molecular weight is 295 g/mol. The molecule has 0 saturated heterocycles. The molecule has 2 heteroatoms. The van der Waals surface area contributed by atoms with E-state index < -0.39 is 0 Å². The van der Waals surface area contributed by atoms with Crippen molar-refractivity contribution >= 4 is 16.9 Å². The van der Waals surface area contributed by atoms with Gasteiger partial charge in [0.2, 0.25) is 0 Å². The first-order valence-corrected chi connectivity index (χ1v) is 9.87. The minimum Gasteiger partial charge on any atom is -0.287 e. The molecule has 4 rings (SSSR count). The molecule has 4 saturated carbocycles. The van der Waals surface area contributed by atoms with Crippen LogP contribution in [0.2, 0.25) is 0 Å².